The van der Waals surface area contributed by atoms with Gasteiger partial charge in [-0.05, 0) is 26.0 Å². The van der Waals surface area contributed by atoms with Crippen molar-refractivity contribution in [3.05, 3.63) is 39.6 Å². The summed E-state index contributed by atoms with van der Waals surface area (Å²) in [7, 11) is 0. The van der Waals surface area contributed by atoms with Gasteiger partial charge in [-0.3, -0.25) is 4.98 Å². The Hall–Kier alpha value is -1.26. The van der Waals surface area contributed by atoms with Gasteiger partial charge in [0, 0.05) is 17.0 Å². The maximum atomic E-state index is 13.2. The molecule has 0 spiro atoms. The number of aryl methyl sites for hydroxylation is 2. The fraction of sp³-hybridized carbons (Fsp3) is 0.182. The van der Waals surface area contributed by atoms with Crippen LogP contribution in [0.4, 0.5) is 4.39 Å². The Morgan fingerprint density at radius 3 is 1.88 bits per heavy atom. The molecule has 0 fully saturated rings. The van der Waals surface area contributed by atoms with Gasteiger partial charge in [-0.1, -0.05) is 23.2 Å². The third-order valence-electron chi connectivity index (χ3n) is 2.11. The van der Waals surface area contributed by atoms with Crippen LogP contribution in [0.1, 0.15) is 11.4 Å². The van der Waals surface area contributed by atoms with E-state index < -0.39 is 5.82 Å². The third kappa shape index (κ3) is 2.53. The zero-order chi connectivity index (χ0) is 12.6. The second kappa shape index (κ2) is 4.55. The molecule has 0 atom stereocenters. The molecule has 0 N–H and O–H groups in total. The maximum absolute atomic E-state index is 13.2. The van der Waals surface area contributed by atoms with E-state index in [-0.39, 0.29) is 16.1 Å². The molecular weight excluding hydrogens is 264 g/mol. The summed E-state index contributed by atoms with van der Waals surface area (Å²) < 4.78 is 13.2. The Morgan fingerprint density at radius 2 is 1.41 bits per heavy atom. The summed E-state index contributed by atoms with van der Waals surface area (Å²) >= 11 is 11.2. The van der Waals surface area contributed by atoms with Gasteiger partial charge in [0.15, 0.2) is 21.9 Å². The van der Waals surface area contributed by atoms with Crippen molar-refractivity contribution in [3.8, 4) is 11.4 Å². The highest BCUT2D eigenvalue weighted by molar-refractivity contribution is 6.33. The molecule has 2 aromatic heterocycles. The first-order valence-electron chi connectivity index (χ1n) is 4.81. The van der Waals surface area contributed by atoms with Crippen LogP contribution in [0.5, 0.6) is 0 Å². The predicted octanol–water partition coefficient (Wildman–Crippen LogP) is 3.60. The van der Waals surface area contributed by atoms with E-state index in [1.807, 2.05) is 13.8 Å². The lowest BCUT2D eigenvalue weighted by Gasteiger charge is -2.05. The van der Waals surface area contributed by atoms with Crippen LogP contribution in [0, 0.1) is 19.7 Å². The van der Waals surface area contributed by atoms with Gasteiger partial charge in [0.1, 0.15) is 0 Å². The molecule has 0 aliphatic rings. The molecule has 0 saturated carbocycles. The van der Waals surface area contributed by atoms with E-state index in [9.17, 15) is 4.39 Å². The SMILES string of the molecule is Cc1cc(-c2nc(Cl)c(F)c(Cl)n2)cc(C)n1. The quantitative estimate of drug-likeness (QED) is 0.744. The molecule has 0 aliphatic heterocycles. The zero-order valence-corrected chi connectivity index (χ0v) is 10.6. The molecule has 0 unspecified atom stereocenters. The van der Waals surface area contributed by atoms with Crippen LogP contribution < -0.4 is 0 Å². The van der Waals surface area contributed by atoms with Crippen molar-refractivity contribution < 1.29 is 4.39 Å². The Labute approximate surface area is 108 Å². The molecule has 0 aromatic carbocycles. The van der Waals surface area contributed by atoms with Crippen LogP contribution in [0.2, 0.25) is 10.3 Å². The summed E-state index contributed by atoms with van der Waals surface area (Å²) in [5.74, 6) is -0.519. The zero-order valence-electron chi connectivity index (χ0n) is 9.13. The smallest absolute Gasteiger partial charge is 0.197 e. The molecular formula is C11H8Cl2FN3. The third-order valence-corrected chi connectivity index (χ3v) is 2.61. The van der Waals surface area contributed by atoms with Gasteiger partial charge in [0.05, 0.1) is 0 Å². The largest absolute Gasteiger partial charge is 0.258 e. The molecule has 6 heteroatoms. The molecule has 2 heterocycles. The molecule has 0 amide bonds. The van der Waals surface area contributed by atoms with E-state index in [1.54, 1.807) is 12.1 Å². The molecule has 0 aliphatic carbocycles. The van der Waals surface area contributed by atoms with Crippen LogP contribution >= 0.6 is 23.2 Å². The van der Waals surface area contributed by atoms with Crippen molar-refractivity contribution in [2.75, 3.05) is 0 Å². The predicted molar refractivity (Wildman–Crippen MR) is 64.7 cm³/mol. The fourth-order valence-corrected chi connectivity index (χ4v) is 1.87. The molecule has 2 rings (SSSR count). The van der Waals surface area contributed by atoms with Crippen molar-refractivity contribution in [3.63, 3.8) is 0 Å². The number of pyridine rings is 1. The van der Waals surface area contributed by atoms with E-state index in [1.165, 1.54) is 0 Å². The standard InChI is InChI=1S/C11H8Cl2FN3/c1-5-3-7(4-6(2)15-5)11-16-9(12)8(14)10(13)17-11/h3-4H,1-2H3. The van der Waals surface area contributed by atoms with Crippen LogP contribution in [-0.4, -0.2) is 15.0 Å². The number of rotatable bonds is 1. The van der Waals surface area contributed by atoms with E-state index in [4.69, 9.17) is 23.2 Å². The second-order valence-corrected chi connectivity index (χ2v) is 4.30. The minimum atomic E-state index is -0.806. The number of hydrogen-bond acceptors (Lipinski definition) is 3. The Kier molecular flexibility index (Phi) is 3.26. The molecule has 0 radical (unpaired) electrons. The monoisotopic (exact) mass is 271 g/mol. The van der Waals surface area contributed by atoms with Gasteiger partial charge in [-0.15, -0.1) is 0 Å². The minimum absolute atomic E-state index is 0.285. The van der Waals surface area contributed by atoms with E-state index in [0.717, 1.165) is 11.4 Å². The van der Waals surface area contributed by atoms with Crippen LogP contribution in [0.3, 0.4) is 0 Å². The van der Waals surface area contributed by atoms with Crippen molar-refractivity contribution >= 4 is 23.2 Å². The first-order valence-corrected chi connectivity index (χ1v) is 5.57. The molecule has 0 bridgehead atoms. The molecule has 2 aromatic rings. The lowest BCUT2D eigenvalue weighted by molar-refractivity contribution is 0.615. The van der Waals surface area contributed by atoms with E-state index in [0.29, 0.717) is 5.56 Å². The Balaban J connectivity index is 2.60. The van der Waals surface area contributed by atoms with Crippen LogP contribution in [0.15, 0.2) is 12.1 Å². The summed E-state index contributed by atoms with van der Waals surface area (Å²) in [6.07, 6.45) is 0. The van der Waals surface area contributed by atoms with Gasteiger partial charge >= 0.3 is 0 Å². The normalized spacial score (nSPS) is 10.6. The molecule has 88 valence electrons. The van der Waals surface area contributed by atoms with Gasteiger partial charge < -0.3 is 0 Å². The number of halogens is 3. The topological polar surface area (TPSA) is 38.7 Å². The Morgan fingerprint density at radius 1 is 0.941 bits per heavy atom. The lowest BCUT2D eigenvalue weighted by Crippen LogP contribution is -1.96. The summed E-state index contributed by atoms with van der Waals surface area (Å²) in [5.41, 5.74) is 2.35. The first-order chi connectivity index (χ1) is 7.97. The average Bonchev–Trinajstić information content (AvgIpc) is 2.23. The van der Waals surface area contributed by atoms with Gasteiger partial charge in [0.25, 0.3) is 0 Å². The van der Waals surface area contributed by atoms with Crippen molar-refractivity contribution in [2.45, 2.75) is 13.8 Å². The highest BCUT2D eigenvalue weighted by atomic mass is 35.5. The fourth-order valence-electron chi connectivity index (χ4n) is 1.49. The van der Waals surface area contributed by atoms with Crippen molar-refractivity contribution in [1.29, 1.82) is 0 Å². The highest BCUT2D eigenvalue weighted by Crippen LogP contribution is 2.24. The van der Waals surface area contributed by atoms with Crippen molar-refractivity contribution in [1.82, 2.24) is 15.0 Å². The van der Waals surface area contributed by atoms with E-state index in [2.05, 4.69) is 15.0 Å². The van der Waals surface area contributed by atoms with Gasteiger partial charge in [0.2, 0.25) is 0 Å². The lowest BCUT2D eigenvalue weighted by atomic mass is 10.2. The van der Waals surface area contributed by atoms with Gasteiger partial charge in [-0.2, -0.15) is 0 Å². The highest BCUT2D eigenvalue weighted by Gasteiger charge is 2.12. The Bertz CT molecular complexity index is 544. The first kappa shape index (κ1) is 12.2. The molecule has 3 nitrogen and oxygen atoms in total. The summed E-state index contributed by atoms with van der Waals surface area (Å²) in [6.45, 7) is 3.70. The number of aromatic nitrogens is 3. The second-order valence-electron chi connectivity index (χ2n) is 3.58. The van der Waals surface area contributed by atoms with Gasteiger partial charge in [-0.25, -0.2) is 14.4 Å². The summed E-state index contributed by atoms with van der Waals surface area (Å²) in [4.78, 5) is 11.9. The average molecular weight is 272 g/mol. The van der Waals surface area contributed by atoms with Crippen LogP contribution in [-0.2, 0) is 0 Å². The molecule has 17 heavy (non-hydrogen) atoms. The summed E-state index contributed by atoms with van der Waals surface area (Å²) in [5, 5.41) is -0.570. The minimum Gasteiger partial charge on any atom is -0.258 e. The summed E-state index contributed by atoms with van der Waals surface area (Å²) in [6, 6.07) is 3.57. The molecule has 0 saturated heterocycles. The maximum Gasteiger partial charge on any atom is 0.197 e. The van der Waals surface area contributed by atoms with Crippen LogP contribution in [0.25, 0.3) is 11.4 Å². The number of nitrogens with zero attached hydrogens (tertiary/aromatic N) is 3. The van der Waals surface area contributed by atoms with E-state index >= 15 is 0 Å². The number of hydrogen-bond donors (Lipinski definition) is 0. The van der Waals surface area contributed by atoms with Crippen molar-refractivity contribution in [2.24, 2.45) is 0 Å².